The number of hydrogen-bond acceptors (Lipinski definition) is 10. The average molecular weight is 629 g/mol. The molecule has 0 radical (unpaired) electrons. The predicted octanol–water partition coefficient (Wildman–Crippen LogP) is 4.89. The highest BCUT2D eigenvalue weighted by Crippen LogP contribution is 2.11. The van der Waals surface area contributed by atoms with Crippen LogP contribution in [-0.4, -0.2) is 112 Å². The van der Waals surface area contributed by atoms with Gasteiger partial charge in [0.1, 0.15) is 12.2 Å². The zero-order valence-corrected chi connectivity index (χ0v) is 26.7. The Bertz CT molecular complexity index is 792. The minimum atomic E-state index is -0.740. The first-order chi connectivity index (χ1) is 20.7. The fourth-order valence-electron chi connectivity index (χ4n) is 3.76. The maximum atomic E-state index is 10.4. The average Bonchev–Trinajstić information content (AvgIpc) is 3.01. The van der Waals surface area contributed by atoms with Crippen LogP contribution in [0.2, 0.25) is 0 Å². The fraction of sp³-hybridized carbons (Fsp3) is 0.733. The molecular formula is C30H52N4O6S2. The third-order valence-electron chi connectivity index (χ3n) is 5.85. The summed E-state index contributed by atoms with van der Waals surface area (Å²) in [7, 11) is 0. The van der Waals surface area contributed by atoms with Gasteiger partial charge >= 0.3 is 0 Å². The first-order valence-electron chi connectivity index (χ1n) is 14.8. The van der Waals surface area contributed by atoms with Crippen LogP contribution in [-0.2, 0) is 30.1 Å². The summed E-state index contributed by atoms with van der Waals surface area (Å²) < 4.78 is 29.5. The minimum absolute atomic E-state index is 0.0785. The van der Waals surface area contributed by atoms with Crippen LogP contribution in [0.1, 0.15) is 31.2 Å². The van der Waals surface area contributed by atoms with Crippen LogP contribution >= 0.6 is 23.5 Å². The van der Waals surface area contributed by atoms with Crippen molar-refractivity contribution in [1.29, 1.82) is 0 Å². The number of nitrogens with two attached hydrogens (primary N) is 1. The first kappa shape index (κ1) is 38.7. The summed E-state index contributed by atoms with van der Waals surface area (Å²) in [5, 5.41) is 13.9. The van der Waals surface area contributed by atoms with Gasteiger partial charge in [0, 0.05) is 37.0 Å². The molecule has 42 heavy (non-hydrogen) atoms. The lowest BCUT2D eigenvalue weighted by molar-refractivity contribution is -0.112. The summed E-state index contributed by atoms with van der Waals surface area (Å²) >= 11 is 3.54. The highest BCUT2D eigenvalue weighted by atomic mass is 32.2. The van der Waals surface area contributed by atoms with Gasteiger partial charge in [-0.25, -0.2) is 0 Å². The zero-order valence-electron chi connectivity index (χ0n) is 25.1. The first-order valence-corrected chi connectivity index (χ1v) is 17.2. The summed E-state index contributed by atoms with van der Waals surface area (Å²) in [6.45, 7) is 8.12. The van der Waals surface area contributed by atoms with E-state index in [1.807, 2.05) is 17.8 Å². The van der Waals surface area contributed by atoms with Crippen molar-refractivity contribution in [2.75, 3.05) is 89.0 Å². The van der Waals surface area contributed by atoms with E-state index in [0.717, 1.165) is 55.1 Å². The maximum Gasteiger partial charge on any atom is 0.104 e. The van der Waals surface area contributed by atoms with Crippen molar-refractivity contribution in [3.8, 4) is 0 Å². The highest BCUT2D eigenvalue weighted by Gasteiger charge is 2.17. The van der Waals surface area contributed by atoms with Gasteiger partial charge in [-0.1, -0.05) is 41.5 Å². The number of aryl methyl sites for hydroxylation is 1. The normalized spacial score (nSPS) is 13.4. The quantitative estimate of drug-likeness (QED) is 0.0386. The van der Waals surface area contributed by atoms with Gasteiger partial charge in [0.05, 0.1) is 45.7 Å². The molecule has 0 fully saturated rings. The predicted molar refractivity (Wildman–Crippen MR) is 174 cm³/mol. The Morgan fingerprint density at radius 2 is 1.57 bits per heavy atom. The van der Waals surface area contributed by atoms with Gasteiger partial charge in [-0.3, -0.25) is 0 Å². The number of aliphatic hydroxyl groups excluding tert-OH is 1. The van der Waals surface area contributed by atoms with Gasteiger partial charge in [0.25, 0.3) is 0 Å². The molecule has 240 valence electrons. The van der Waals surface area contributed by atoms with Gasteiger partial charge in [0.2, 0.25) is 0 Å². The van der Waals surface area contributed by atoms with E-state index >= 15 is 0 Å². The van der Waals surface area contributed by atoms with Crippen LogP contribution in [0.3, 0.4) is 0 Å². The maximum absolute atomic E-state index is 10.4. The number of hydrogen-bond donors (Lipinski definition) is 2. The Morgan fingerprint density at radius 3 is 2.29 bits per heavy atom. The summed E-state index contributed by atoms with van der Waals surface area (Å²) in [6.07, 6.45) is 5.22. The van der Waals surface area contributed by atoms with Crippen LogP contribution in [0, 0.1) is 0 Å². The Morgan fingerprint density at radius 1 is 0.881 bits per heavy atom. The fourth-order valence-corrected chi connectivity index (χ4v) is 5.19. The van der Waals surface area contributed by atoms with Gasteiger partial charge in [-0.05, 0) is 60.5 Å². The Labute approximate surface area is 261 Å². The summed E-state index contributed by atoms with van der Waals surface area (Å²) in [5.41, 5.74) is 15.2. The van der Waals surface area contributed by atoms with E-state index in [-0.39, 0.29) is 25.4 Å². The molecule has 3 N–H and O–H groups in total. The van der Waals surface area contributed by atoms with Crippen molar-refractivity contribution in [3.63, 3.8) is 0 Å². The van der Waals surface area contributed by atoms with Crippen LogP contribution < -0.4 is 5.73 Å². The number of nitrogens with zero attached hydrogens (tertiary/aromatic N) is 3. The second-order valence-electron chi connectivity index (χ2n) is 9.59. The summed E-state index contributed by atoms with van der Waals surface area (Å²) in [6, 6.07) is 10.4. The van der Waals surface area contributed by atoms with Crippen molar-refractivity contribution in [2.24, 2.45) is 10.8 Å². The third-order valence-corrected chi connectivity index (χ3v) is 8.00. The van der Waals surface area contributed by atoms with E-state index in [2.05, 4.69) is 40.9 Å². The molecule has 1 rings (SSSR count). The van der Waals surface area contributed by atoms with Crippen molar-refractivity contribution in [3.05, 3.63) is 59.0 Å². The minimum Gasteiger partial charge on any atom is -0.388 e. The Balaban J connectivity index is 2.46. The van der Waals surface area contributed by atoms with E-state index in [4.69, 9.17) is 34.9 Å². The van der Waals surface area contributed by atoms with Crippen LogP contribution in [0.25, 0.3) is 10.4 Å². The van der Waals surface area contributed by atoms with E-state index in [1.165, 1.54) is 5.56 Å². The number of azide groups is 1. The molecule has 12 heteroatoms. The molecule has 1 aromatic carbocycles. The topological polar surface area (TPSA) is 141 Å². The number of ether oxygens (including phenoxy) is 5. The monoisotopic (exact) mass is 628 g/mol. The Hall–Kier alpha value is -1.31. The Kier molecular flexibility index (Phi) is 27.4. The van der Waals surface area contributed by atoms with E-state index in [0.29, 0.717) is 52.7 Å². The van der Waals surface area contributed by atoms with Crippen molar-refractivity contribution in [1.82, 2.24) is 0 Å². The zero-order chi connectivity index (χ0) is 30.4. The molecule has 3 unspecified atom stereocenters. The number of benzene rings is 1. The van der Waals surface area contributed by atoms with Crippen molar-refractivity contribution in [2.45, 2.75) is 50.4 Å². The molecule has 0 aliphatic rings. The molecule has 0 amide bonds. The van der Waals surface area contributed by atoms with Crippen LogP contribution in [0.15, 0.2) is 48.1 Å². The lowest BCUT2D eigenvalue weighted by Crippen LogP contribution is -2.34. The molecule has 3 atom stereocenters. The lowest BCUT2D eigenvalue weighted by Gasteiger charge is -2.24. The smallest absolute Gasteiger partial charge is 0.104 e. The molecule has 0 aromatic heterocycles. The number of thioether (sulfide) groups is 2. The molecule has 10 nitrogen and oxygen atoms in total. The highest BCUT2D eigenvalue weighted by molar-refractivity contribution is 7.99. The SMILES string of the molecule is C=CCOCC(CCCc1ccccc1)OCC(COCCCSCCN)OCC(O)COCCCSCCN=[N+]=[N-]. The molecule has 0 aliphatic carbocycles. The van der Waals surface area contributed by atoms with Crippen LogP contribution in [0.4, 0.5) is 0 Å². The summed E-state index contributed by atoms with van der Waals surface area (Å²) in [4.78, 5) is 2.74. The number of rotatable bonds is 31. The molecule has 0 bridgehead atoms. The molecule has 0 saturated heterocycles. The second kappa shape index (κ2) is 29.7. The van der Waals surface area contributed by atoms with Gasteiger partial charge in [-0.2, -0.15) is 23.5 Å². The molecule has 0 spiro atoms. The molecular weight excluding hydrogens is 576 g/mol. The molecule has 0 aliphatic heterocycles. The number of aliphatic hydroxyl groups is 1. The third kappa shape index (κ3) is 24.2. The molecule has 0 heterocycles. The van der Waals surface area contributed by atoms with Gasteiger partial charge in [-0.15, -0.1) is 6.58 Å². The van der Waals surface area contributed by atoms with Crippen molar-refractivity contribution < 1.29 is 28.8 Å². The van der Waals surface area contributed by atoms with Crippen LogP contribution in [0.5, 0.6) is 0 Å². The summed E-state index contributed by atoms with van der Waals surface area (Å²) in [5.74, 6) is 3.67. The second-order valence-corrected chi connectivity index (χ2v) is 12.0. The standard InChI is InChI=1S/C30H52N4O6S2/c1-2-15-36-24-29(12-6-11-27-9-4-3-5-10-27)40-26-30(25-38-17-8-18-41-20-13-31)39-23-28(35)22-37-16-7-19-42-21-14-33-34-32/h2-5,9-10,28-30,35H,1,6-8,11-26,31H2. The van der Waals surface area contributed by atoms with Gasteiger partial charge < -0.3 is 34.5 Å². The van der Waals surface area contributed by atoms with E-state index < -0.39 is 6.10 Å². The van der Waals surface area contributed by atoms with Crippen molar-refractivity contribution >= 4 is 23.5 Å². The van der Waals surface area contributed by atoms with Gasteiger partial charge in [0.15, 0.2) is 0 Å². The largest absolute Gasteiger partial charge is 0.388 e. The lowest BCUT2D eigenvalue weighted by atomic mass is 10.1. The molecule has 0 saturated carbocycles. The van der Waals surface area contributed by atoms with E-state index in [9.17, 15) is 5.11 Å². The van der Waals surface area contributed by atoms with E-state index in [1.54, 1.807) is 17.8 Å². The molecule has 1 aromatic rings.